The number of carbonyl (C=O) groups is 1. The van der Waals surface area contributed by atoms with Gasteiger partial charge in [-0.1, -0.05) is 6.07 Å². The molecule has 1 saturated heterocycles. The first-order valence-corrected chi connectivity index (χ1v) is 7.82. The highest BCUT2D eigenvalue weighted by Gasteiger charge is 2.41. The van der Waals surface area contributed by atoms with E-state index in [-0.39, 0.29) is 24.8 Å². The van der Waals surface area contributed by atoms with Gasteiger partial charge in [-0.05, 0) is 19.1 Å². The van der Waals surface area contributed by atoms with E-state index in [2.05, 4.69) is 4.98 Å². The fraction of sp³-hybridized carbons (Fsp3) is 0.412. The summed E-state index contributed by atoms with van der Waals surface area (Å²) < 4.78 is 20.7. The fourth-order valence-corrected chi connectivity index (χ4v) is 2.89. The number of aliphatic hydroxyl groups is 1. The molecule has 0 spiro atoms. The van der Waals surface area contributed by atoms with Crippen LogP contribution in [-0.2, 0) is 11.3 Å². The zero-order valence-electron chi connectivity index (χ0n) is 13.4. The fourth-order valence-electron chi connectivity index (χ4n) is 2.89. The van der Waals surface area contributed by atoms with Crippen molar-refractivity contribution in [1.29, 1.82) is 0 Å². The van der Waals surface area contributed by atoms with Gasteiger partial charge in [-0.3, -0.25) is 4.79 Å². The number of rotatable bonds is 4. The minimum atomic E-state index is -1.21. The standard InChI is InChI=1S/C17H20FN3O3/c1-17(23)11-21(16(22)10-20-8-6-19-12-20)7-5-15(17)24-14-4-2-3-13(18)9-14/h2-4,6,8-9,12,15,23H,5,7,10-11H2,1H3/t15-,17-/m0/s1. The molecule has 1 aromatic heterocycles. The predicted molar refractivity (Wildman–Crippen MR) is 84.9 cm³/mol. The van der Waals surface area contributed by atoms with E-state index in [4.69, 9.17) is 4.74 Å². The summed E-state index contributed by atoms with van der Waals surface area (Å²) in [6, 6.07) is 5.83. The first-order valence-electron chi connectivity index (χ1n) is 7.82. The second kappa shape index (κ2) is 6.60. The van der Waals surface area contributed by atoms with Gasteiger partial charge in [-0.25, -0.2) is 9.37 Å². The van der Waals surface area contributed by atoms with Gasteiger partial charge in [0.25, 0.3) is 0 Å². The van der Waals surface area contributed by atoms with Crippen LogP contribution in [0.3, 0.4) is 0 Å². The Morgan fingerprint density at radius 3 is 3.04 bits per heavy atom. The largest absolute Gasteiger partial charge is 0.487 e. The lowest BCUT2D eigenvalue weighted by Crippen LogP contribution is -2.58. The first kappa shape index (κ1) is 16.4. The smallest absolute Gasteiger partial charge is 0.242 e. The van der Waals surface area contributed by atoms with Crippen molar-refractivity contribution in [3.63, 3.8) is 0 Å². The third-order valence-electron chi connectivity index (χ3n) is 4.17. The molecule has 0 bridgehead atoms. The molecular formula is C17H20FN3O3. The van der Waals surface area contributed by atoms with Crippen molar-refractivity contribution in [3.8, 4) is 5.75 Å². The Balaban J connectivity index is 1.62. The monoisotopic (exact) mass is 333 g/mol. The Kier molecular flexibility index (Phi) is 4.53. The number of amides is 1. The second-order valence-electron chi connectivity index (χ2n) is 6.26. The maximum absolute atomic E-state index is 13.3. The molecule has 1 aliphatic rings. The Morgan fingerprint density at radius 2 is 2.38 bits per heavy atom. The molecule has 1 fully saturated rings. The number of aromatic nitrogens is 2. The molecule has 0 saturated carbocycles. The topological polar surface area (TPSA) is 67.6 Å². The number of β-amino-alcohol motifs (C(OH)–C–C–N with tert-alkyl or cyclic N) is 1. The molecule has 24 heavy (non-hydrogen) atoms. The van der Waals surface area contributed by atoms with Crippen molar-refractivity contribution in [2.24, 2.45) is 0 Å². The molecule has 6 nitrogen and oxygen atoms in total. The number of hydrogen-bond acceptors (Lipinski definition) is 4. The zero-order chi connectivity index (χ0) is 17.2. The molecule has 2 aromatic rings. The summed E-state index contributed by atoms with van der Waals surface area (Å²) in [5.74, 6) is -0.101. The van der Waals surface area contributed by atoms with Gasteiger partial charge >= 0.3 is 0 Å². The van der Waals surface area contributed by atoms with E-state index in [0.29, 0.717) is 18.7 Å². The van der Waals surface area contributed by atoms with Gasteiger partial charge in [0, 0.05) is 31.4 Å². The van der Waals surface area contributed by atoms with Crippen LogP contribution in [0.15, 0.2) is 43.0 Å². The normalized spacial score (nSPS) is 24.0. The van der Waals surface area contributed by atoms with Crippen LogP contribution in [0, 0.1) is 5.82 Å². The van der Waals surface area contributed by atoms with Crippen LogP contribution in [0.2, 0.25) is 0 Å². The van der Waals surface area contributed by atoms with Crippen molar-refractivity contribution in [2.45, 2.75) is 31.6 Å². The van der Waals surface area contributed by atoms with Gasteiger partial charge in [0.1, 0.15) is 29.8 Å². The highest BCUT2D eigenvalue weighted by Crippen LogP contribution is 2.27. The van der Waals surface area contributed by atoms with E-state index >= 15 is 0 Å². The maximum Gasteiger partial charge on any atom is 0.242 e. The van der Waals surface area contributed by atoms with E-state index in [9.17, 15) is 14.3 Å². The lowest BCUT2D eigenvalue weighted by molar-refractivity contribution is -0.146. The summed E-state index contributed by atoms with van der Waals surface area (Å²) in [6.45, 7) is 2.46. The number of halogens is 1. The average Bonchev–Trinajstić information content (AvgIpc) is 3.02. The van der Waals surface area contributed by atoms with Crippen molar-refractivity contribution < 1.29 is 19.0 Å². The van der Waals surface area contributed by atoms with Gasteiger partial charge in [0.15, 0.2) is 0 Å². The number of imidazole rings is 1. The number of nitrogens with zero attached hydrogens (tertiary/aromatic N) is 3. The summed E-state index contributed by atoms with van der Waals surface area (Å²) in [7, 11) is 0. The van der Waals surface area contributed by atoms with Crippen LogP contribution in [-0.4, -0.2) is 50.3 Å². The van der Waals surface area contributed by atoms with Crippen molar-refractivity contribution in [1.82, 2.24) is 14.5 Å². The van der Waals surface area contributed by atoms with Crippen LogP contribution >= 0.6 is 0 Å². The molecule has 3 rings (SSSR count). The van der Waals surface area contributed by atoms with E-state index in [0.717, 1.165) is 0 Å². The second-order valence-corrected chi connectivity index (χ2v) is 6.26. The van der Waals surface area contributed by atoms with E-state index in [1.165, 1.54) is 12.1 Å². The van der Waals surface area contributed by atoms with Gasteiger partial charge in [-0.15, -0.1) is 0 Å². The first-order chi connectivity index (χ1) is 11.4. The number of piperidine rings is 1. The van der Waals surface area contributed by atoms with Crippen molar-refractivity contribution >= 4 is 5.91 Å². The number of likely N-dealkylation sites (tertiary alicyclic amines) is 1. The lowest BCUT2D eigenvalue weighted by atomic mass is 9.91. The van der Waals surface area contributed by atoms with E-state index in [1.54, 1.807) is 47.2 Å². The molecule has 2 atom stereocenters. The minimum absolute atomic E-state index is 0.0857. The molecular weight excluding hydrogens is 313 g/mol. The lowest BCUT2D eigenvalue weighted by Gasteiger charge is -2.42. The molecule has 7 heteroatoms. The summed E-state index contributed by atoms with van der Waals surface area (Å²) in [5.41, 5.74) is -1.21. The van der Waals surface area contributed by atoms with Gasteiger partial charge in [0.2, 0.25) is 5.91 Å². The van der Waals surface area contributed by atoms with Gasteiger partial charge in [0.05, 0.1) is 12.9 Å². The number of hydrogen-bond donors (Lipinski definition) is 1. The molecule has 0 unspecified atom stereocenters. The van der Waals surface area contributed by atoms with Crippen LogP contribution < -0.4 is 4.74 Å². The number of ether oxygens (including phenoxy) is 1. The molecule has 0 radical (unpaired) electrons. The van der Waals surface area contributed by atoms with Crippen molar-refractivity contribution in [2.75, 3.05) is 13.1 Å². The van der Waals surface area contributed by atoms with Crippen LogP contribution in [0.25, 0.3) is 0 Å². The van der Waals surface area contributed by atoms with Gasteiger partial charge < -0.3 is 19.3 Å². The van der Waals surface area contributed by atoms with Crippen LogP contribution in [0.4, 0.5) is 4.39 Å². The quantitative estimate of drug-likeness (QED) is 0.920. The summed E-state index contributed by atoms with van der Waals surface area (Å²) in [5, 5.41) is 10.7. The molecule has 1 N–H and O–H groups in total. The molecule has 2 heterocycles. The van der Waals surface area contributed by atoms with Crippen molar-refractivity contribution in [3.05, 3.63) is 48.8 Å². The zero-order valence-corrected chi connectivity index (χ0v) is 13.4. The summed E-state index contributed by atoms with van der Waals surface area (Å²) >= 11 is 0. The van der Waals surface area contributed by atoms with E-state index in [1.807, 2.05) is 0 Å². The Hall–Kier alpha value is -2.41. The maximum atomic E-state index is 13.3. The third kappa shape index (κ3) is 3.73. The summed E-state index contributed by atoms with van der Waals surface area (Å²) in [4.78, 5) is 17.9. The molecule has 0 aliphatic carbocycles. The molecule has 1 aromatic carbocycles. The Morgan fingerprint density at radius 1 is 1.54 bits per heavy atom. The highest BCUT2D eigenvalue weighted by molar-refractivity contribution is 5.76. The number of carbonyl (C=O) groups excluding carboxylic acids is 1. The highest BCUT2D eigenvalue weighted by atomic mass is 19.1. The average molecular weight is 333 g/mol. The minimum Gasteiger partial charge on any atom is -0.487 e. The Bertz CT molecular complexity index is 703. The Labute approximate surface area is 139 Å². The van der Waals surface area contributed by atoms with Crippen LogP contribution in [0.5, 0.6) is 5.75 Å². The van der Waals surface area contributed by atoms with Crippen LogP contribution in [0.1, 0.15) is 13.3 Å². The number of benzene rings is 1. The molecule has 128 valence electrons. The third-order valence-corrected chi connectivity index (χ3v) is 4.17. The van der Waals surface area contributed by atoms with Gasteiger partial charge in [-0.2, -0.15) is 0 Å². The molecule has 1 aliphatic heterocycles. The molecule has 1 amide bonds. The van der Waals surface area contributed by atoms with E-state index < -0.39 is 11.7 Å². The predicted octanol–water partition coefficient (Wildman–Crippen LogP) is 1.45. The summed E-state index contributed by atoms with van der Waals surface area (Å²) in [6.07, 6.45) is 4.88. The SMILES string of the molecule is C[C@]1(O)CN(C(=O)Cn2ccnc2)CC[C@@H]1Oc1cccc(F)c1.